The van der Waals surface area contributed by atoms with E-state index in [1.54, 1.807) is 0 Å². The number of rotatable bonds is 3. The molecule has 1 fully saturated rings. The SMILES string of the molecule is N#CCCCN1CCCNCC1. The predicted octanol–water partition coefficient (Wildman–Crippen LogP) is 0.585. The summed E-state index contributed by atoms with van der Waals surface area (Å²) >= 11 is 0. The molecule has 3 nitrogen and oxygen atoms in total. The maximum absolute atomic E-state index is 8.37. The van der Waals surface area contributed by atoms with Gasteiger partial charge in [-0.2, -0.15) is 5.26 Å². The molecule has 1 saturated heterocycles. The molecule has 1 N–H and O–H groups in total. The number of unbranched alkanes of at least 4 members (excludes halogenated alkanes) is 1. The van der Waals surface area contributed by atoms with Crippen molar-refractivity contribution < 1.29 is 0 Å². The Bertz CT molecular complexity index is 142. The summed E-state index contributed by atoms with van der Waals surface area (Å²) in [5, 5.41) is 11.7. The quantitative estimate of drug-likeness (QED) is 0.625. The summed E-state index contributed by atoms with van der Waals surface area (Å²) in [4.78, 5) is 2.44. The number of nitrogens with zero attached hydrogens (tertiary/aromatic N) is 2. The van der Waals surface area contributed by atoms with Crippen LogP contribution in [-0.2, 0) is 0 Å². The number of hydrogen-bond donors (Lipinski definition) is 1. The fraction of sp³-hybridized carbons (Fsp3) is 0.889. The molecular formula is C9H17N3. The summed E-state index contributed by atoms with van der Waals surface area (Å²) in [6.07, 6.45) is 2.97. The second-order valence-electron chi connectivity index (χ2n) is 3.21. The van der Waals surface area contributed by atoms with Crippen molar-refractivity contribution in [1.29, 1.82) is 5.26 Å². The Labute approximate surface area is 74.4 Å². The van der Waals surface area contributed by atoms with Crippen LogP contribution in [-0.4, -0.2) is 37.6 Å². The van der Waals surface area contributed by atoms with E-state index in [-0.39, 0.29) is 0 Å². The third-order valence-corrected chi connectivity index (χ3v) is 2.20. The third kappa shape index (κ3) is 3.70. The minimum atomic E-state index is 0.698. The first-order valence-corrected chi connectivity index (χ1v) is 4.73. The van der Waals surface area contributed by atoms with Crippen molar-refractivity contribution in [2.45, 2.75) is 19.3 Å². The Morgan fingerprint density at radius 3 is 3.08 bits per heavy atom. The number of hydrogen-bond acceptors (Lipinski definition) is 3. The minimum absolute atomic E-state index is 0.698. The molecule has 68 valence electrons. The van der Waals surface area contributed by atoms with Gasteiger partial charge in [0.1, 0.15) is 0 Å². The zero-order valence-corrected chi connectivity index (χ0v) is 7.55. The first-order valence-electron chi connectivity index (χ1n) is 4.73. The molecule has 0 aromatic heterocycles. The summed E-state index contributed by atoms with van der Waals surface area (Å²) < 4.78 is 0. The molecule has 1 rings (SSSR count). The van der Waals surface area contributed by atoms with Gasteiger partial charge in [0, 0.05) is 19.5 Å². The van der Waals surface area contributed by atoms with Gasteiger partial charge in [0.2, 0.25) is 0 Å². The summed E-state index contributed by atoms with van der Waals surface area (Å²) in [6.45, 7) is 5.68. The highest BCUT2D eigenvalue weighted by Crippen LogP contribution is 1.98. The van der Waals surface area contributed by atoms with Crippen molar-refractivity contribution in [3.8, 4) is 6.07 Å². The Morgan fingerprint density at radius 1 is 1.33 bits per heavy atom. The molecule has 0 saturated carbocycles. The van der Waals surface area contributed by atoms with E-state index in [4.69, 9.17) is 5.26 Å². The first-order chi connectivity index (χ1) is 5.93. The molecule has 0 spiro atoms. The van der Waals surface area contributed by atoms with Crippen LogP contribution < -0.4 is 5.32 Å². The van der Waals surface area contributed by atoms with Gasteiger partial charge >= 0.3 is 0 Å². The molecular weight excluding hydrogens is 150 g/mol. The van der Waals surface area contributed by atoms with E-state index in [9.17, 15) is 0 Å². The van der Waals surface area contributed by atoms with Crippen molar-refractivity contribution in [2.75, 3.05) is 32.7 Å². The maximum atomic E-state index is 8.37. The Balaban J connectivity index is 2.08. The fourth-order valence-electron chi connectivity index (χ4n) is 1.51. The van der Waals surface area contributed by atoms with E-state index in [2.05, 4.69) is 16.3 Å². The lowest BCUT2D eigenvalue weighted by atomic mass is 10.3. The van der Waals surface area contributed by atoms with Gasteiger partial charge in [0.05, 0.1) is 6.07 Å². The van der Waals surface area contributed by atoms with Crippen LogP contribution >= 0.6 is 0 Å². The molecule has 1 aliphatic heterocycles. The van der Waals surface area contributed by atoms with E-state index in [1.807, 2.05) is 0 Å². The molecule has 3 heteroatoms. The van der Waals surface area contributed by atoms with E-state index in [0.717, 1.165) is 32.6 Å². The highest BCUT2D eigenvalue weighted by molar-refractivity contribution is 4.71. The van der Waals surface area contributed by atoms with Gasteiger partial charge < -0.3 is 10.2 Å². The minimum Gasteiger partial charge on any atom is -0.315 e. The second kappa shape index (κ2) is 5.99. The second-order valence-corrected chi connectivity index (χ2v) is 3.21. The topological polar surface area (TPSA) is 39.1 Å². The van der Waals surface area contributed by atoms with Crippen molar-refractivity contribution >= 4 is 0 Å². The maximum Gasteiger partial charge on any atom is 0.0622 e. The van der Waals surface area contributed by atoms with Crippen molar-refractivity contribution in [3.63, 3.8) is 0 Å². The molecule has 0 bridgehead atoms. The van der Waals surface area contributed by atoms with E-state index >= 15 is 0 Å². The van der Waals surface area contributed by atoms with Crippen LogP contribution in [0.5, 0.6) is 0 Å². The third-order valence-electron chi connectivity index (χ3n) is 2.20. The van der Waals surface area contributed by atoms with Gasteiger partial charge in [-0.05, 0) is 32.5 Å². The van der Waals surface area contributed by atoms with E-state index in [1.165, 1.54) is 13.0 Å². The van der Waals surface area contributed by atoms with Crippen LogP contribution in [0, 0.1) is 11.3 Å². The summed E-state index contributed by atoms with van der Waals surface area (Å²) in [6, 6.07) is 2.18. The van der Waals surface area contributed by atoms with Crippen molar-refractivity contribution in [2.24, 2.45) is 0 Å². The summed E-state index contributed by atoms with van der Waals surface area (Å²) in [5.41, 5.74) is 0. The highest BCUT2D eigenvalue weighted by atomic mass is 15.1. The Kier molecular flexibility index (Phi) is 4.74. The van der Waals surface area contributed by atoms with Crippen LogP contribution in [0.2, 0.25) is 0 Å². The van der Waals surface area contributed by atoms with E-state index in [0.29, 0.717) is 6.42 Å². The van der Waals surface area contributed by atoms with Crippen LogP contribution in [0.1, 0.15) is 19.3 Å². The molecule has 1 heterocycles. The number of nitrogens with one attached hydrogen (secondary N) is 1. The van der Waals surface area contributed by atoms with Crippen LogP contribution in [0.3, 0.4) is 0 Å². The van der Waals surface area contributed by atoms with Gasteiger partial charge in [-0.1, -0.05) is 0 Å². The molecule has 0 radical (unpaired) electrons. The fourth-order valence-corrected chi connectivity index (χ4v) is 1.51. The average Bonchev–Trinajstić information content (AvgIpc) is 2.33. The molecule has 0 aromatic carbocycles. The van der Waals surface area contributed by atoms with Crippen LogP contribution in [0.25, 0.3) is 0 Å². The Morgan fingerprint density at radius 2 is 2.25 bits per heavy atom. The molecule has 1 aliphatic rings. The molecule has 0 aromatic rings. The molecule has 0 unspecified atom stereocenters. The van der Waals surface area contributed by atoms with Gasteiger partial charge in [-0.15, -0.1) is 0 Å². The smallest absolute Gasteiger partial charge is 0.0622 e. The lowest BCUT2D eigenvalue weighted by Gasteiger charge is -2.17. The molecule has 0 amide bonds. The zero-order chi connectivity index (χ0) is 8.65. The molecule has 12 heavy (non-hydrogen) atoms. The normalized spacial score (nSPS) is 19.9. The van der Waals surface area contributed by atoms with Gasteiger partial charge in [-0.25, -0.2) is 0 Å². The van der Waals surface area contributed by atoms with Gasteiger partial charge in [0.15, 0.2) is 0 Å². The molecule has 0 atom stereocenters. The van der Waals surface area contributed by atoms with Crippen LogP contribution in [0.4, 0.5) is 0 Å². The van der Waals surface area contributed by atoms with Crippen molar-refractivity contribution in [3.05, 3.63) is 0 Å². The van der Waals surface area contributed by atoms with Gasteiger partial charge in [-0.3, -0.25) is 0 Å². The lowest BCUT2D eigenvalue weighted by molar-refractivity contribution is 0.290. The zero-order valence-electron chi connectivity index (χ0n) is 7.55. The standard InChI is InChI=1S/C9H17N3/c10-4-1-2-7-12-8-3-5-11-6-9-12/h11H,1-3,5-9H2. The monoisotopic (exact) mass is 167 g/mol. The van der Waals surface area contributed by atoms with Crippen molar-refractivity contribution in [1.82, 2.24) is 10.2 Å². The predicted molar refractivity (Wildman–Crippen MR) is 48.8 cm³/mol. The largest absolute Gasteiger partial charge is 0.315 e. The highest BCUT2D eigenvalue weighted by Gasteiger charge is 2.06. The van der Waals surface area contributed by atoms with Crippen LogP contribution in [0.15, 0.2) is 0 Å². The number of nitriles is 1. The Hall–Kier alpha value is -0.590. The van der Waals surface area contributed by atoms with E-state index < -0.39 is 0 Å². The average molecular weight is 167 g/mol. The first kappa shape index (κ1) is 9.50. The summed E-state index contributed by atoms with van der Waals surface area (Å²) in [5.74, 6) is 0. The lowest BCUT2D eigenvalue weighted by Crippen LogP contribution is -2.28. The molecule has 0 aliphatic carbocycles. The van der Waals surface area contributed by atoms with Gasteiger partial charge in [0.25, 0.3) is 0 Å². The summed E-state index contributed by atoms with van der Waals surface area (Å²) in [7, 11) is 0.